The second-order valence-electron chi connectivity index (χ2n) is 8.77. The second kappa shape index (κ2) is 10.5. The van der Waals surface area contributed by atoms with Gasteiger partial charge in [0.2, 0.25) is 11.8 Å². The lowest BCUT2D eigenvalue weighted by molar-refractivity contribution is -0.137. The number of rotatable bonds is 10. The molecule has 0 saturated heterocycles. The summed E-state index contributed by atoms with van der Waals surface area (Å²) >= 11 is 6.26. The number of halogens is 1. The van der Waals surface area contributed by atoms with Crippen LogP contribution in [0.5, 0.6) is 0 Å². The predicted molar refractivity (Wildman–Crippen MR) is 121 cm³/mol. The number of fused-ring (bicyclic) bond motifs is 1. The van der Waals surface area contributed by atoms with Crippen LogP contribution in [-0.2, 0) is 27.2 Å². The number of nitrogens with zero attached hydrogens (tertiary/aromatic N) is 3. The molecule has 9 nitrogen and oxygen atoms in total. The minimum Gasteiger partial charge on any atom is -0.481 e. The van der Waals surface area contributed by atoms with Crippen LogP contribution in [0.2, 0.25) is 5.02 Å². The van der Waals surface area contributed by atoms with E-state index in [1.165, 1.54) is 0 Å². The molecule has 2 heterocycles. The highest BCUT2D eigenvalue weighted by Crippen LogP contribution is 2.39. The largest absolute Gasteiger partial charge is 0.481 e. The Labute approximate surface area is 197 Å². The molecule has 0 radical (unpaired) electrons. The molecule has 33 heavy (non-hydrogen) atoms. The molecule has 1 amide bonds. The summed E-state index contributed by atoms with van der Waals surface area (Å²) in [6.45, 7) is 7.68. The van der Waals surface area contributed by atoms with Crippen LogP contribution in [0.25, 0.3) is 0 Å². The smallest absolute Gasteiger partial charge is 0.303 e. The maximum atomic E-state index is 13.7. The van der Waals surface area contributed by atoms with E-state index in [1.807, 2.05) is 13.8 Å². The van der Waals surface area contributed by atoms with Gasteiger partial charge in [-0.05, 0) is 24.6 Å². The molecule has 0 saturated carbocycles. The zero-order valence-corrected chi connectivity index (χ0v) is 19.4. The van der Waals surface area contributed by atoms with Gasteiger partial charge in [-0.1, -0.05) is 31.5 Å². The standard InChI is InChI=1S/C23H28ClN3O6/c1-4-5-17-15-10-14(24)6-7-16(15)27(12-23(2,3)13-28)22(31)18(32-17)11-20-26-25-19(33-20)8-9-21(29)30/h4,6-7,10,17-18,28H,1,5,8-9,11-13H2,2-3H3,(H,29,30)/t17-,18-/m1/s1. The Morgan fingerprint density at radius 1 is 1.30 bits per heavy atom. The van der Waals surface area contributed by atoms with Crippen LogP contribution in [0, 0.1) is 5.41 Å². The number of carboxylic acids is 1. The Hall–Kier alpha value is -2.75. The molecule has 2 N–H and O–H groups in total. The molecular weight excluding hydrogens is 450 g/mol. The van der Waals surface area contributed by atoms with E-state index in [0.717, 1.165) is 5.56 Å². The van der Waals surface area contributed by atoms with Crippen molar-refractivity contribution in [2.45, 2.75) is 51.7 Å². The number of aliphatic carboxylic acids is 1. The van der Waals surface area contributed by atoms with Crippen LogP contribution in [0.1, 0.15) is 50.1 Å². The molecule has 0 fully saturated rings. The van der Waals surface area contributed by atoms with Gasteiger partial charge in [-0.2, -0.15) is 0 Å². The molecule has 1 aliphatic heterocycles. The number of anilines is 1. The van der Waals surface area contributed by atoms with Crippen molar-refractivity contribution in [1.82, 2.24) is 10.2 Å². The van der Waals surface area contributed by atoms with Gasteiger partial charge in [0, 0.05) is 41.3 Å². The van der Waals surface area contributed by atoms with Crippen LogP contribution < -0.4 is 4.90 Å². The third-order valence-electron chi connectivity index (χ3n) is 5.31. The lowest BCUT2D eigenvalue weighted by atomic mass is 9.93. The fourth-order valence-corrected chi connectivity index (χ4v) is 3.79. The van der Waals surface area contributed by atoms with E-state index in [9.17, 15) is 14.7 Å². The fraction of sp³-hybridized carbons (Fsp3) is 0.478. The predicted octanol–water partition coefficient (Wildman–Crippen LogP) is 3.35. The average Bonchev–Trinajstić information content (AvgIpc) is 3.18. The Kier molecular flexibility index (Phi) is 7.88. The molecule has 1 aromatic carbocycles. The number of carbonyl (C=O) groups excluding carboxylic acids is 1. The summed E-state index contributed by atoms with van der Waals surface area (Å²) in [4.78, 5) is 26.1. The average molecular weight is 478 g/mol. The number of aromatic nitrogens is 2. The number of ether oxygens (including phenoxy) is 1. The number of aliphatic hydroxyl groups is 1. The maximum Gasteiger partial charge on any atom is 0.303 e. The van der Waals surface area contributed by atoms with Gasteiger partial charge >= 0.3 is 5.97 Å². The van der Waals surface area contributed by atoms with Gasteiger partial charge in [-0.25, -0.2) is 0 Å². The van der Waals surface area contributed by atoms with Crippen LogP contribution in [-0.4, -0.2) is 51.5 Å². The highest BCUT2D eigenvalue weighted by Gasteiger charge is 2.38. The van der Waals surface area contributed by atoms with Crippen molar-refractivity contribution in [3.63, 3.8) is 0 Å². The molecule has 1 aromatic heterocycles. The number of aliphatic hydroxyl groups excluding tert-OH is 1. The molecule has 10 heteroatoms. The monoisotopic (exact) mass is 477 g/mol. The molecule has 2 atom stereocenters. The molecule has 0 unspecified atom stereocenters. The summed E-state index contributed by atoms with van der Waals surface area (Å²) in [5.74, 6) is -0.916. The Bertz CT molecular complexity index is 1020. The van der Waals surface area contributed by atoms with Gasteiger partial charge in [0.1, 0.15) is 6.10 Å². The molecule has 178 valence electrons. The minimum atomic E-state index is -0.970. The highest BCUT2D eigenvalue weighted by molar-refractivity contribution is 6.30. The summed E-state index contributed by atoms with van der Waals surface area (Å²) < 4.78 is 11.8. The Morgan fingerprint density at radius 2 is 2.03 bits per heavy atom. The summed E-state index contributed by atoms with van der Waals surface area (Å²) in [6.07, 6.45) is 0.710. The first-order chi connectivity index (χ1) is 15.6. The van der Waals surface area contributed by atoms with E-state index in [2.05, 4.69) is 16.8 Å². The zero-order valence-electron chi connectivity index (χ0n) is 18.7. The van der Waals surface area contributed by atoms with Crippen LogP contribution in [0.4, 0.5) is 5.69 Å². The summed E-state index contributed by atoms with van der Waals surface area (Å²) in [5, 5.41) is 27.0. The van der Waals surface area contributed by atoms with Crippen molar-refractivity contribution < 1.29 is 29.0 Å². The van der Waals surface area contributed by atoms with E-state index >= 15 is 0 Å². The zero-order chi connectivity index (χ0) is 24.2. The second-order valence-corrected chi connectivity index (χ2v) is 9.21. The maximum absolute atomic E-state index is 13.7. The molecule has 2 aromatic rings. The molecule has 0 bridgehead atoms. The van der Waals surface area contributed by atoms with Gasteiger partial charge in [-0.15, -0.1) is 16.8 Å². The van der Waals surface area contributed by atoms with E-state index < -0.39 is 23.6 Å². The van der Waals surface area contributed by atoms with Gasteiger partial charge in [0.15, 0.2) is 0 Å². The molecule has 0 aliphatic carbocycles. The lowest BCUT2D eigenvalue weighted by Gasteiger charge is -2.32. The van der Waals surface area contributed by atoms with E-state index in [1.54, 1.807) is 29.2 Å². The first kappa shape index (κ1) is 24.9. The minimum absolute atomic E-state index is 0.0182. The lowest BCUT2D eigenvalue weighted by Crippen LogP contribution is -2.45. The molecule has 1 aliphatic rings. The Morgan fingerprint density at radius 3 is 2.70 bits per heavy atom. The summed E-state index contributed by atoms with van der Waals surface area (Å²) in [7, 11) is 0. The number of carboxylic acid groups (broad SMARTS) is 1. The molecule has 3 rings (SSSR count). The number of amides is 1. The number of carbonyl (C=O) groups is 2. The van der Waals surface area contributed by atoms with Crippen LogP contribution >= 0.6 is 11.6 Å². The number of benzene rings is 1. The third kappa shape index (κ3) is 6.19. The van der Waals surface area contributed by atoms with E-state index in [0.29, 0.717) is 17.1 Å². The fourth-order valence-electron chi connectivity index (χ4n) is 3.61. The van der Waals surface area contributed by atoms with Crippen molar-refractivity contribution in [3.8, 4) is 0 Å². The number of hydrogen-bond acceptors (Lipinski definition) is 7. The van der Waals surface area contributed by atoms with Crippen molar-refractivity contribution in [1.29, 1.82) is 0 Å². The number of hydrogen-bond donors (Lipinski definition) is 2. The first-order valence-electron chi connectivity index (χ1n) is 10.6. The van der Waals surface area contributed by atoms with E-state index in [-0.39, 0.29) is 50.1 Å². The van der Waals surface area contributed by atoms with Gasteiger partial charge in [0.05, 0.1) is 18.9 Å². The van der Waals surface area contributed by atoms with Gasteiger partial charge in [-0.3, -0.25) is 9.59 Å². The van der Waals surface area contributed by atoms with Gasteiger partial charge < -0.3 is 24.3 Å². The van der Waals surface area contributed by atoms with Crippen molar-refractivity contribution >= 4 is 29.2 Å². The van der Waals surface area contributed by atoms with Crippen molar-refractivity contribution in [3.05, 3.63) is 53.2 Å². The van der Waals surface area contributed by atoms with Crippen LogP contribution in [0.15, 0.2) is 35.3 Å². The van der Waals surface area contributed by atoms with E-state index in [4.69, 9.17) is 25.9 Å². The molecule has 0 spiro atoms. The normalized spacial score (nSPS) is 18.7. The molecular formula is C23H28ClN3O6. The Balaban J connectivity index is 1.95. The third-order valence-corrected chi connectivity index (χ3v) is 5.55. The topological polar surface area (TPSA) is 126 Å². The SMILES string of the molecule is C=CC[C@H]1O[C@H](Cc2nnc(CCC(=O)O)o2)C(=O)N(CC(C)(C)CO)c2ccc(Cl)cc21. The highest BCUT2D eigenvalue weighted by atomic mass is 35.5. The van der Waals surface area contributed by atoms with Crippen LogP contribution in [0.3, 0.4) is 0 Å². The quantitative estimate of drug-likeness (QED) is 0.499. The van der Waals surface area contributed by atoms with Gasteiger partial charge in [0.25, 0.3) is 5.91 Å². The van der Waals surface area contributed by atoms with Crippen molar-refractivity contribution in [2.24, 2.45) is 5.41 Å². The van der Waals surface area contributed by atoms with Crippen molar-refractivity contribution in [2.75, 3.05) is 18.1 Å². The first-order valence-corrected chi connectivity index (χ1v) is 11.0. The summed E-state index contributed by atoms with van der Waals surface area (Å²) in [5.41, 5.74) is 0.844. The summed E-state index contributed by atoms with van der Waals surface area (Å²) in [6, 6.07) is 5.27. The number of aryl methyl sites for hydroxylation is 1.